The smallest absolute Gasteiger partial charge is 0.191 e. The maximum Gasteiger partial charge on any atom is 0.191 e. The summed E-state index contributed by atoms with van der Waals surface area (Å²) in [7, 11) is 3.55. The van der Waals surface area contributed by atoms with Gasteiger partial charge in [-0.25, -0.2) is 0 Å². The highest BCUT2D eigenvalue weighted by Crippen LogP contribution is 2.40. The Morgan fingerprint density at radius 3 is 2.59 bits per heavy atom. The van der Waals surface area contributed by atoms with E-state index in [1.54, 1.807) is 7.11 Å². The molecule has 0 heterocycles. The maximum absolute atomic E-state index is 5.60. The molecule has 1 aliphatic carbocycles. The number of hydrogen-bond acceptors (Lipinski definition) is 3. The minimum atomic E-state index is 0. The van der Waals surface area contributed by atoms with E-state index in [9.17, 15) is 0 Å². The largest absolute Gasteiger partial charge is 0.496 e. The van der Waals surface area contributed by atoms with Crippen LogP contribution in [0.1, 0.15) is 44.6 Å². The molecular formula is C21H36IN3O2. The van der Waals surface area contributed by atoms with Gasteiger partial charge in [0.05, 0.1) is 7.11 Å². The molecule has 0 aromatic heterocycles. The van der Waals surface area contributed by atoms with Crippen molar-refractivity contribution in [2.75, 3.05) is 40.5 Å². The summed E-state index contributed by atoms with van der Waals surface area (Å²) < 4.78 is 11.0. The SMILES string of the molecule is CCOCCC1(CNC(=NC)NCCc2ccccc2OC)CCCC1.I. The van der Waals surface area contributed by atoms with Gasteiger partial charge in [0, 0.05) is 33.4 Å². The fourth-order valence-corrected chi connectivity index (χ4v) is 3.79. The van der Waals surface area contributed by atoms with Gasteiger partial charge in [0.25, 0.3) is 0 Å². The molecule has 0 saturated heterocycles. The van der Waals surface area contributed by atoms with Crippen LogP contribution >= 0.6 is 24.0 Å². The van der Waals surface area contributed by atoms with Crippen molar-refractivity contribution in [2.45, 2.75) is 45.4 Å². The Balaban J connectivity index is 0.00000364. The molecule has 154 valence electrons. The van der Waals surface area contributed by atoms with Crippen molar-refractivity contribution in [3.05, 3.63) is 29.8 Å². The van der Waals surface area contributed by atoms with Crippen LogP contribution in [0.25, 0.3) is 0 Å². The number of guanidine groups is 1. The lowest BCUT2D eigenvalue weighted by Gasteiger charge is -2.30. The van der Waals surface area contributed by atoms with Crippen LogP contribution in [0.5, 0.6) is 5.75 Å². The van der Waals surface area contributed by atoms with Crippen molar-refractivity contribution in [1.82, 2.24) is 10.6 Å². The van der Waals surface area contributed by atoms with Gasteiger partial charge in [0.15, 0.2) is 5.96 Å². The lowest BCUT2D eigenvalue weighted by Crippen LogP contribution is -2.44. The van der Waals surface area contributed by atoms with Gasteiger partial charge in [-0.1, -0.05) is 31.0 Å². The number of rotatable bonds is 10. The zero-order valence-electron chi connectivity index (χ0n) is 17.1. The second-order valence-corrected chi connectivity index (χ2v) is 7.07. The zero-order valence-corrected chi connectivity index (χ0v) is 19.4. The second kappa shape index (κ2) is 13.2. The third kappa shape index (κ3) is 7.86. The topological polar surface area (TPSA) is 54.9 Å². The Morgan fingerprint density at radius 1 is 1.19 bits per heavy atom. The first-order chi connectivity index (χ1) is 12.7. The Bertz CT molecular complexity index is 560. The van der Waals surface area contributed by atoms with Gasteiger partial charge in [-0.15, -0.1) is 24.0 Å². The first-order valence-electron chi connectivity index (χ1n) is 9.87. The van der Waals surface area contributed by atoms with Gasteiger partial charge < -0.3 is 20.1 Å². The summed E-state index contributed by atoms with van der Waals surface area (Å²) in [5.41, 5.74) is 1.57. The predicted octanol–water partition coefficient (Wildman–Crippen LogP) is 4.01. The molecule has 0 bridgehead atoms. The summed E-state index contributed by atoms with van der Waals surface area (Å²) in [6.07, 6.45) is 7.25. The molecule has 1 fully saturated rings. The van der Waals surface area contributed by atoms with Gasteiger partial charge in [0.2, 0.25) is 0 Å². The summed E-state index contributed by atoms with van der Waals surface area (Å²) in [5, 5.41) is 6.98. The Kier molecular flexibility index (Phi) is 11.7. The van der Waals surface area contributed by atoms with Crippen molar-refractivity contribution in [3.8, 4) is 5.75 Å². The minimum Gasteiger partial charge on any atom is -0.496 e. The van der Waals surface area contributed by atoms with Crippen molar-refractivity contribution >= 4 is 29.9 Å². The normalized spacial score (nSPS) is 15.9. The molecule has 0 atom stereocenters. The maximum atomic E-state index is 5.60. The average molecular weight is 489 g/mol. The molecule has 0 radical (unpaired) electrons. The molecule has 0 amide bonds. The van der Waals surface area contributed by atoms with Crippen LogP contribution in [-0.2, 0) is 11.2 Å². The van der Waals surface area contributed by atoms with Crippen LogP contribution in [-0.4, -0.2) is 46.4 Å². The van der Waals surface area contributed by atoms with E-state index in [0.717, 1.165) is 50.9 Å². The standard InChI is InChI=1S/C21H35N3O2.HI/c1-4-26-16-14-21(12-7-8-13-21)17-24-20(22-2)23-15-11-18-9-5-6-10-19(18)25-3;/h5-6,9-10H,4,7-8,11-17H2,1-3H3,(H2,22,23,24);1H. The number of aliphatic imine (C=N–C) groups is 1. The molecule has 0 spiro atoms. The fourth-order valence-electron chi connectivity index (χ4n) is 3.79. The summed E-state index contributed by atoms with van der Waals surface area (Å²) in [5.74, 6) is 1.82. The molecular weight excluding hydrogens is 453 g/mol. The monoisotopic (exact) mass is 489 g/mol. The molecule has 2 N–H and O–H groups in total. The number of methoxy groups -OCH3 is 1. The number of nitrogens with one attached hydrogen (secondary N) is 2. The lowest BCUT2D eigenvalue weighted by atomic mass is 9.83. The first kappa shape index (κ1) is 24.0. The van der Waals surface area contributed by atoms with E-state index < -0.39 is 0 Å². The van der Waals surface area contributed by atoms with Gasteiger partial charge in [0.1, 0.15) is 5.75 Å². The molecule has 1 aromatic rings. The minimum absolute atomic E-state index is 0. The number of para-hydroxylation sites is 1. The van der Waals surface area contributed by atoms with Crippen LogP contribution in [0, 0.1) is 5.41 Å². The predicted molar refractivity (Wildman–Crippen MR) is 123 cm³/mol. The zero-order chi connectivity index (χ0) is 18.7. The molecule has 27 heavy (non-hydrogen) atoms. The van der Waals surface area contributed by atoms with E-state index in [1.807, 2.05) is 25.2 Å². The van der Waals surface area contributed by atoms with E-state index in [4.69, 9.17) is 9.47 Å². The highest BCUT2D eigenvalue weighted by molar-refractivity contribution is 14.0. The Hall–Kier alpha value is -1.02. The Morgan fingerprint density at radius 2 is 1.93 bits per heavy atom. The third-order valence-corrected chi connectivity index (χ3v) is 5.38. The van der Waals surface area contributed by atoms with Crippen molar-refractivity contribution in [2.24, 2.45) is 10.4 Å². The Labute approximate surface area is 181 Å². The van der Waals surface area contributed by atoms with E-state index >= 15 is 0 Å². The van der Waals surface area contributed by atoms with E-state index in [0.29, 0.717) is 5.41 Å². The molecule has 0 aliphatic heterocycles. The number of hydrogen-bond donors (Lipinski definition) is 2. The first-order valence-corrected chi connectivity index (χ1v) is 9.87. The summed E-state index contributed by atoms with van der Waals surface area (Å²) in [4.78, 5) is 4.38. The highest BCUT2D eigenvalue weighted by atomic mass is 127. The van der Waals surface area contributed by atoms with Crippen LogP contribution in [0.3, 0.4) is 0 Å². The number of ether oxygens (including phenoxy) is 2. The molecule has 0 unspecified atom stereocenters. The van der Waals surface area contributed by atoms with Gasteiger partial charge in [-0.05, 0) is 49.7 Å². The van der Waals surface area contributed by atoms with E-state index in [2.05, 4.69) is 28.6 Å². The number of halogens is 1. The number of nitrogens with zero attached hydrogens (tertiary/aromatic N) is 1. The fraction of sp³-hybridized carbons (Fsp3) is 0.667. The molecule has 1 aliphatic rings. The molecule has 2 rings (SSSR count). The molecule has 1 saturated carbocycles. The van der Waals surface area contributed by atoms with Crippen molar-refractivity contribution < 1.29 is 9.47 Å². The van der Waals surface area contributed by atoms with Crippen molar-refractivity contribution in [1.29, 1.82) is 0 Å². The van der Waals surface area contributed by atoms with Crippen LogP contribution < -0.4 is 15.4 Å². The molecule has 1 aromatic carbocycles. The third-order valence-electron chi connectivity index (χ3n) is 5.38. The lowest BCUT2D eigenvalue weighted by molar-refractivity contribution is 0.105. The van der Waals surface area contributed by atoms with Gasteiger partial charge in [-0.3, -0.25) is 4.99 Å². The van der Waals surface area contributed by atoms with Gasteiger partial charge >= 0.3 is 0 Å². The number of benzene rings is 1. The van der Waals surface area contributed by atoms with Gasteiger partial charge in [-0.2, -0.15) is 0 Å². The van der Waals surface area contributed by atoms with Crippen LogP contribution in [0.2, 0.25) is 0 Å². The van der Waals surface area contributed by atoms with Crippen LogP contribution in [0.15, 0.2) is 29.3 Å². The van der Waals surface area contributed by atoms with Crippen molar-refractivity contribution in [3.63, 3.8) is 0 Å². The molecule has 6 heteroatoms. The van der Waals surface area contributed by atoms with E-state index in [1.165, 1.54) is 31.2 Å². The summed E-state index contributed by atoms with van der Waals surface area (Å²) in [6.45, 7) is 5.52. The summed E-state index contributed by atoms with van der Waals surface area (Å²) >= 11 is 0. The second-order valence-electron chi connectivity index (χ2n) is 7.07. The van der Waals surface area contributed by atoms with E-state index in [-0.39, 0.29) is 24.0 Å². The average Bonchev–Trinajstić information content (AvgIpc) is 3.14. The quantitative estimate of drug-likeness (QED) is 0.226. The highest BCUT2D eigenvalue weighted by Gasteiger charge is 2.33. The molecule has 5 nitrogen and oxygen atoms in total. The summed E-state index contributed by atoms with van der Waals surface area (Å²) in [6, 6.07) is 8.16. The van der Waals surface area contributed by atoms with Crippen LogP contribution in [0.4, 0.5) is 0 Å².